The highest BCUT2D eigenvalue weighted by atomic mass is 16.3. The summed E-state index contributed by atoms with van der Waals surface area (Å²) in [5.41, 5.74) is 3.15. The maximum atomic E-state index is 12.7. The standard InChI is InChI=1S/C18H23NO3/c1-12-9-14-11-17(22-16(14)10-13(12)2)18(21)19-7-3-5-15(19)6-4-8-20/h9-11,15,20H,3-8H2,1-2H3. The second-order valence-corrected chi connectivity index (χ2v) is 6.25. The Bertz CT molecular complexity index is 650. The van der Waals surface area contributed by atoms with Gasteiger partial charge in [0.05, 0.1) is 0 Å². The van der Waals surface area contributed by atoms with E-state index in [4.69, 9.17) is 9.52 Å². The van der Waals surface area contributed by atoms with Crippen LogP contribution >= 0.6 is 0 Å². The molecule has 1 amide bonds. The molecule has 1 aliphatic rings. The smallest absolute Gasteiger partial charge is 0.289 e. The third kappa shape index (κ3) is 2.75. The molecule has 1 aromatic carbocycles. The number of rotatable bonds is 4. The van der Waals surface area contributed by atoms with Gasteiger partial charge >= 0.3 is 0 Å². The molecule has 1 fully saturated rings. The number of carbonyl (C=O) groups excluding carboxylic acids is 1. The van der Waals surface area contributed by atoms with Crippen LogP contribution in [0.5, 0.6) is 0 Å². The lowest BCUT2D eigenvalue weighted by Gasteiger charge is -2.23. The topological polar surface area (TPSA) is 53.7 Å². The molecular weight excluding hydrogens is 278 g/mol. The summed E-state index contributed by atoms with van der Waals surface area (Å²) in [5.74, 6) is 0.405. The molecule has 1 saturated heterocycles. The van der Waals surface area contributed by atoms with E-state index in [1.807, 2.05) is 24.0 Å². The van der Waals surface area contributed by atoms with Crippen LogP contribution in [0, 0.1) is 13.8 Å². The molecule has 3 rings (SSSR count). The first-order chi connectivity index (χ1) is 10.6. The molecule has 4 heteroatoms. The van der Waals surface area contributed by atoms with Crippen LogP contribution in [0.25, 0.3) is 11.0 Å². The number of aryl methyl sites for hydroxylation is 2. The lowest BCUT2D eigenvalue weighted by Crippen LogP contribution is -2.35. The zero-order valence-corrected chi connectivity index (χ0v) is 13.3. The zero-order valence-electron chi connectivity index (χ0n) is 13.3. The monoisotopic (exact) mass is 301 g/mol. The normalized spacial score (nSPS) is 18.3. The minimum Gasteiger partial charge on any atom is -0.451 e. The molecule has 2 heterocycles. The van der Waals surface area contributed by atoms with Crippen LogP contribution < -0.4 is 0 Å². The summed E-state index contributed by atoms with van der Waals surface area (Å²) in [4.78, 5) is 14.6. The minimum atomic E-state index is -0.0213. The first kappa shape index (κ1) is 15.1. The number of amides is 1. The van der Waals surface area contributed by atoms with Crippen molar-refractivity contribution < 1.29 is 14.3 Å². The fourth-order valence-electron chi connectivity index (χ4n) is 3.28. The van der Waals surface area contributed by atoms with Crippen molar-refractivity contribution in [1.29, 1.82) is 0 Å². The molecule has 1 aromatic heterocycles. The Kier molecular flexibility index (Phi) is 4.21. The summed E-state index contributed by atoms with van der Waals surface area (Å²) in [6.07, 6.45) is 3.65. The van der Waals surface area contributed by atoms with Crippen molar-refractivity contribution in [1.82, 2.24) is 4.90 Å². The first-order valence-corrected chi connectivity index (χ1v) is 8.03. The number of benzene rings is 1. The van der Waals surface area contributed by atoms with Gasteiger partial charge in [-0.3, -0.25) is 4.79 Å². The summed E-state index contributed by atoms with van der Waals surface area (Å²) < 4.78 is 5.79. The third-order valence-electron chi connectivity index (χ3n) is 4.68. The van der Waals surface area contributed by atoms with E-state index in [2.05, 4.69) is 13.0 Å². The molecular formula is C18H23NO3. The van der Waals surface area contributed by atoms with Gasteiger partial charge in [-0.25, -0.2) is 0 Å². The van der Waals surface area contributed by atoms with Gasteiger partial charge < -0.3 is 14.4 Å². The molecule has 1 unspecified atom stereocenters. The number of carbonyl (C=O) groups is 1. The van der Waals surface area contributed by atoms with Gasteiger partial charge in [-0.1, -0.05) is 0 Å². The summed E-state index contributed by atoms with van der Waals surface area (Å²) in [6, 6.07) is 6.15. The Morgan fingerprint density at radius 2 is 2.09 bits per heavy atom. The van der Waals surface area contributed by atoms with Gasteiger partial charge in [-0.2, -0.15) is 0 Å². The molecule has 0 radical (unpaired) electrons. The second-order valence-electron chi connectivity index (χ2n) is 6.25. The number of hydrogen-bond donors (Lipinski definition) is 1. The van der Waals surface area contributed by atoms with Crippen molar-refractivity contribution in [3.05, 3.63) is 35.1 Å². The predicted molar refractivity (Wildman–Crippen MR) is 86.1 cm³/mol. The fraction of sp³-hybridized carbons (Fsp3) is 0.500. The molecule has 1 N–H and O–H groups in total. The van der Waals surface area contributed by atoms with Gasteiger partial charge in [0.15, 0.2) is 5.76 Å². The molecule has 0 aliphatic carbocycles. The van der Waals surface area contributed by atoms with E-state index in [1.165, 1.54) is 11.1 Å². The highest BCUT2D eigenvalue weighted by Crippen LogP contribution is 2.27. The zero-order chi connectivity index (χ0) is 15.7. The van der Waals surface area contributed by atoms with Gasteiger partial charge in [0, 0.05) is 24.6 Å². The Morgan fingerprint density at radius 3 is 2.86 bits per heavy atom. The van der Waals surface area contributed by atoms with Crippen LogP contribution in [0.1, 0.15) is 47.4 Å². The fourth-order valence-corrected chi connectivity index (χ4v) is 3.28. The van der Waals surface area contributed by atoms with Crippen LogP contribution in [-0.2, 0) is 0 Å². The van der Waals surface area contributed by atoms with E-state index in [-0.39, 0.29) is 18.6 Å². The number of nitrogens with zero attached hydrogens (tertiary/aromatic N) is 1. The van der Waals surface area contributed by atoms with E-state index in [0.29, 0.717) is 5.76 Å². The van der Waals surface area contributed by atoms with Crippen molar-refractivity contribution >= 4 is 16.9 Å². The van der Waals surface area contributed by atoms with Crippen molar-refractivity contribution in [2.75, 3.05) is 13.2 Å². The summed E-state index contributed by atoms with van der Waals surface area (Å²) in [7, 11) is 0. The Labute approximate surface area is 130 Å². The average molecular weight is 301 g/mol. The van der Waals surface area contributed by atoms with E-state index in [0.717, 1.165) is 43.2 Å². The van der Waals surface area contributed by atoms with Crippen LogP contribution in [0.4, 0.5) is 0 Å². The SMILES string of the molecule is Cc1cc2cc(C(=O)N3CCCC3CCCO)oc2cc1C. The van der Waals surface area contributed by atoms with Crippen LogP contribution in [0.3, 0.4) is 0 Å². The predicted octanol–water partition coefficient (Wildman–Crippen LogP) is 3.43. The second kappa shape index (κ2) is 6.13. The van der Waals surface area contributed by atoms with E-state index in [9.17, 15) is 4.79 Å². The Morgan fingerprint density at radius 1 is 1.32 bits per heavy atom. The van der Waals surface area contributed by atoms with Crippen molar-refractivity contribution in [2.45, 2.75) is 45.6 Å². The number of aliphatic hydroxyl groups is 1. The molecule has 1 aliphatic heterocycles. The van der Waals surface area contributed by atoms with E-state index < -0.39 is 0 Å². The number of fused-ring (bicyclic) bond motifs is 1. The highest BCUT2D eigenvalue weighted by Gasteiger charge is 2.30. The maximum absolute atomic E-state index is 12.7. The summed E-state index contributed by atoms with van der Waals surface area (Å²) in [5, 5.41) is 9.98. The van der Waals surface area contributed by atoms with Gasteiger partial charge in [-0.05, 0) is 68.9 Å². The maximum Gasteiger partial charge on any atom is 0.289 e. The summed E-state index contributed by atoms with van der Waals surface area (Å²) >= 11 is 0. The van der Waals surface area contributed by atoms with Gasteiger partial charge in [0.1, 0.15) is 5.58 Å². The van der Waals surface area contributed by atoms with Crippen LogP contribution in [0.2, 0.25) is 0 Å². The number of hydrogen-bond acceptors (Lipinski definition) is 3. The highest BCUT2D eigenvalue weighted by molar-refractivity contribution is 5.96. The number of furan rings is 1. The average Bonchev–Trinajstić information content (AvgIpc) is 3.11. The minimum absolute atomic E-state index is 0.0213. The lowest BCUT2D eigenvalue weighted by molar-refractivity contribution is 0.0694. The van der Waals surface area contributed by atoms with Gasteiger partial charge in [0.25, 0.3) is 5.91 Å². The largest absolute Gasteiger partial charge is 0.451 e. The number of aliphatic hydroxyl groups excluding tert-OH is 1. The Hall–Kier alpha value is -1.81. The van der Waals surface area contributed by atoms with Gasteiger partial charge in [0.2, 0.25) is 0 Å². The third-order valence-corrected chi connectivity index (χ3v) is 4.68. The van der Waals surface area contributed by atoms with E-state index >= 15 is 0 Å². The quantitative estimate of drug-likeness (QED) is 0.941. The molecule has 4 nitrogen and oxygen atoms in total. The molecule has 0 saturated carbocycles. The molecule has 118 valence electrons. The van der Waals surface area contributed by atoms with Crippen molar-refractivity contribution in [2.24, 2.45) is 0 Å². The molecule has 22 heavy (non-hydrogen) atoms. The first-order valence-electron chi connectivity index (χ1n) is 8.03. The van der Waals surface area contributed by atoms with Crippen LogP contribution in [-0.4, -0.2) is 35.1 Å². The summed E-state index contributed by atoms with van der Waals surface area (Å²) in [6.45, 7) is 5.07. The van der Waals surface area contributed by atoms with Crippen LogP contribution in [0.15, 0.2) is 22.6 Å². The lowest BCUT2D eigenvalue weighted by atomic mass is 10.1. The van der Waals surface area contributed by atoms with Gasteiger partial charge in [-0.15, -0.1) is 0 Å². The molecule has 0 bridgehead atoms. The van der Waals surface area contributed by atoms with Crippen molar-refractivity contribution in [3.63, 3.8) is 0 Å². The molecule has 0 spiro atoms. The molecule has 2 aromatic rings. The number of likely N-dealkylation sites (tertiary alicyclic amines) is 1. The Balaban J connectivity index is 1.85. The molecule has 1 atom stereocenters. The van der Waals surface area contributed by atoms with E-state index in [1.54, 1.807) is 0 Å². The van der Waals surface area contributed by atoms with Crippen molar-refractivity contribution in [3.8, 4) is 0 Å².